The standard InChI is InChI=1S/C20H32N4O3/c1-14-6-7-15(17(10-14)27-16-8-9-26-12-16)11-23-19(22-5)24-13-20(2,3)18(25)21-4/h6-7,10,16H,8-9,11-13H2,1-5H3,(H,21,25)(H2,22,23,24). The van der Waals surface area contributed by atoms with Crippen LogP contribution in [0, 0.1) is 12.3 Å². The third-order valence-corrected chi connectivity index (χ3v) is 4.61. The van der Waals surface area contributed by atoms with Gasteiger partial charge in [-0.15, -0.1) is 0 Å². The van der Waals surface area contributed by atoms with E-state index in [2.05, 4.69) is 46.1 Å². The molecule has 1 saturated heterocycles. The van der Waals surface area contributed by atoms with E-state index in [0.29, 0.717) is 25.7 Å². The Morgan fingerprint density at radius 1 is 1.37 bits per heavy atom. The van der Waals surface area contributed by atoms with E-state index in [-0.39, 0.29) is 12.0 Å². The molecule has 1 atom stereocenters. The average molecular weight is 377 g/mol. The van der Waals surface area contributed by atoms with Gasteiger partial charge in [-0.3, -0.25) is 9.79 Å². The van der Waals surface area contributed by atoms with Crippen LogP contribution < -0.4 is 20.7 Å². The van der Waals surface area contributed by atoms with Crippen molar-refractivity contribution in [2.75, 3.05) is 33.9 Å². The molecule has 1 fully saturated rings. The number of hydrogen-bond donors (Lipinski definition) is 3. The summed E-state index contributed by atoms with van der Waals surface area (Å²) in [5.41, 5.74) is 1.68. The topological polar surface area (TPSA) is 84.0 Å². The molecule has 2 rings (SSSR count). The minimum atomic E-state index is -0.535. The van der Waals surface area contributed by atoms with E-state index < -0.39 is 5.41 Å². The van der Waals surface area contributed by atoms with Crippen LogP contribution in [0.5, 0.6) is 5.75 Å². The Balaban J connectivity index is 1.96. The van der Waals surface area contributed by atoms with E-state index in [9.17, 15) is 4.79 Å². The van der Waals surface area contributed by atoms with Gasteiger partial charge in [0.15, 0.2) is 5.96 Å². The molecule has 0 bridgehead atoms. The number of nitrogens with zero attached hydrogens (tertiary/aromatic N) is 1. The largest absolute Gasteiger partial charge is 0.488 e. The maximum atomic E-state index is 11.9. The number of carbonyl (C=O) groups excluding carboxylic acids is 1. The molecule has 0 aliphatic carbocycles. The van der Waals surface area contributed by atoms with Crippen molar-refractivity contribution < 1.29 is 14.3 Å². The Labute approximate surface area is 161 Å². The van der Waals surface area contributed by atoms with Crippen LogP contribution in [0.3, 0.4) is 0 Å². The second-order valence-electron chi connectivity index (χ2n) is 7.46. The van der Waals surface area contributed by atoms with Crippen molar-refractivity contribution >= 4 is 11.9 Å². The zero-order chi connectivity index (χ0) is 19.9. The maximum Gasteiger partial charge on any atom is 0.227 e. The van der Waals surface area contributed by atoms with Crippen molar-refractivity contribution in [3.05, 3.63) is 29.3 Å². The predicted octanol–water partition coefficient (Wildman–Crippen LogP) is 1.60. The monoisotopic (exact) mass is 376 g/mol. The van der Waals surface area contributed by atoms with E-state index in [1.807, 2.05) is 13.8 Å². The fraction of sp³-hybridized carbons (Fsp3) is 0.600. The fourth-order valence-electron chi connectivity index (χ4n) is 2.83. The summed E-state index contributed by atoms with van der Waals surface area (Å²) in [6.45, 7) is 8.27. The highest BCUT2D eigenvalue weighted by Gasteiger charge is 2.26. The van der Waals surface area contributed by atoms with Gasteiger partial charge in [-0.25, -0.2) is 0 Å². The van der Waals surface area contributed by atoms with Crippen LogP contribution in [0.4, 0.5) is 0 Å². The Bertz CT molecular complexity index is 667. The first-order valence-electron chi connectivity index (χ1n) is 9.36. The lowest BCUT2D eigenvalue weighted by molar-refractivity contribution is -0.128. The molecule has 1 aromatic carbocycles. The van der Waals surface area contributed by atoms with Crippen molar-refractivity contribution in [2.45, 2.75) is 39.8 Å². The van der Waals surface area contributed by atoms with Crippen molar-refractivity contribution in [1.29, 1.82) is 0 Å². The summed E-state index contributed by atoms with van der Waals surface area (Å²) >= 11 is 0. The predicted molar refractivity (Wildman–Crippen MR) is 107 cm³/mol. The second kappa shape index (κ2) is 9.60. The summed E-state index contributed by atoms with van der Waals surface area (Å²) in [6.07, 6.45) is 1.02. The molecule has 1 unspecified atom stereocenters. The van der Waals surface area contributed by atoms with Gasteiger partial charge in [-0.1, -0.05) is 12.1 Å². The van der Waals surface area contributed by atoms with Crippen molar-refractivity contribution in [1.82, 2.24) is 16.0 Å². The van der Waals surface area contributed by atoms with Crippen LogP contribution in [-0.4, -0.2) is 51.8 Å². The van der Waals surface area contributed by atoms with Gasteiger partial charge in [0.1, 0.15) is 11.9 Å². The number of aliphatic imine (C=N–C) groups is 1. The molecule has 0 radical (unpaired) electrons. The van der Waals surface area contributed by atoms with E-state index in [1.54, 1.807) is 14.1 Å². The van der Waals surface area contributed by atoms with Crippen molar-refractivity contribution in [2.24, 2.45) is 10.4 Å². The molecule has 1 amide bonds. The Morgan fingerprint density at radius 3 is 2.78 bits per heavy atom. The molecule has 1 aliphatic heterocycles. The molecule has 150 valence electrons. The van der Waals surface area contributed by atoms with Gasteiger partial charge in [0, 0.05) is 39.2 Å². The fourth-order valence-corrected chi connectivity index (χ4v) is 2.83. The van der Waals surface area contributed by atoms with Crippen LogP contribution in [0.25, 0.3) is 0 Å². The number of guanidine groups is 1. The van der Waals surface area contributed by atoms with Crippen LogP contribution >= 0.6 is 0 Å². The first kappa shape index (κ1) is 21.0. The summed E-state index contributed by atoms with van der Waals surface area (Å²) in [6, 6.07) is 6.19. The van der Waals surface area contributed by atoms with Crippen LogP contribution in [0.15, 0.2) is 23.2 Å². The number of nitrogens with one attached hydrogen (secondary N) is 3. The number of rotatable bonds is 7. The summed E-state index contributed by atoms with van der Waals surface area (Å²) in [4.78, 5) is 16.2. The van der Waals surface area contributed by atoms with Gasteiger partial charge in [-0.05, 0) is 32.4 Å². The number of hydrogen-bond acceptors (Lipinski definition) is 4. The lowest BCUT2D eigenvalue weighted by Gasteiger charge is -2.24. The molecule has 0 aromatic heterocycles. The lowest BCUT2D eigenvalue weighted by Crippen LogP contribution is -2.47. The summed E-state index contributed by atoms with van der Waals surface area (Å²) in [5, 5.41) is 9.20. The summed E-state index contributed by atoms with van der Waals surface area (Å²) in [5.74, 6) is 1.50. The van der Waals surface area contributed by atoms with Gasteiger partial charge < -0.3 is 25.4 Å². The molecule has 7 heteroatoms. The van der Waals surface area contributed by atoms with Crippen LogP contribution in [0.2, 0.25) is 0 Å². The lowest BCUT2D eigenvalue weighted by atomic mass is 9.92. The van der Waals surface area contributed by atoms with Crippen molar-refractivity contribution in [3.63, 3.8) is 0 Å². The summed E-state index contributed by atoms with van der Waals surface area (Å²) in [7, 11) is 3.36. The molecule has 0 saturated carbocycles. The zero-order valence-corrected chi connectivity index (χ0v) is 17.0. The third kappa shape index (κ3) is 6.13. The van der Waals surface area contributed by atoms with E-state index in [4.69, 9.17) is 9.47 Å². The second-order valence-corrected chi connectivity index (χ2v) is 7.46. The smallest absolute Gasteiger partial charge is 0.227 e. The van der Waals surface area contributed by atoms with Gasteiger partial charge >= 0.3 is 0 Å². The highest BCUT2D eigenvalue weighted by Crippen LogP contribution is 2.23. The van der Waals surface area contributed by atoms with Crippen LogP contribution in [-0.2, 0) is 16.1 Å². The SMILES string of the molecule is CN=C(NCc1ccc(C)cc1OC1CCOC1)NCC(C)(C)C(=O)NC. The molecule has 3 N–H and O–H groups in total. The van der Waals surface area contributed by atoms with Gasteiger partial charge in [0.2, 0.25) is 5.91 Å². The first-order chi connectivity index (χ1) is 12.9. The number of ether oxygens (including phenoxy) is 2. The molecule has 0 spiro atoms. The minimum absolute atomic E-state index is 0.0153. The molecular weight excluding hydrogens is 344 g/mol. The quantitative estimate of drug-likeness (QED) is 0.497. The van der Waals surface area contributed by atoms with E-state index >= 15 is 0 Å². The van der Waals surface area contributed by atoms with Crippen molar-refractivity contribution in [3.8, 4) is 5.75 Å². The minimum Gasteiger partial charge on any atom is -0.488 e. The third-order valence-electron chi connectivity index (χ3n) is 4.61. The Kier molecular flexibility index (Phi) is 7.47. The zero-order valence-electron chi connectivity index (χ0n) is 17.0. The normalized spacial score (nSPS) is 17.5. The number of benzene rings is 1. The average Bonchev–Trinajstić information content (AvgIpc) is 3.15. The summed E-state index contributed by atoms with van der Waals surface area (Å²) < 4.78 is 11.5. The molecule has 27 heavy (non-hydrogen) atoms. The van der Waals surface area contributed by atoms with E-state index in [1.165, 1.54) is 0 Å². The Hall–Kier alpha value is -2.28. The molecular formula is C20H32N4O3. The highest BCUT2D eigenvalue weighted by molar-refractivity contribution is 5.84. The van der Waals surface area contributed by atoms with Gasteiger partial charge in [0.05, 0.1) is 18.6 Å². The molecule has 1 heterocycles. The first-order valence-corrected chi connectivity index (χ1v) is 9.36. The van der Waals surface area contributed by atoms with Gasteiger partial charge in [0.25, 0.3) is 0 Å². The molecule has 7 nitrogen and oxygen atoms in total. The molecule has 1 aromatic rings. The maximum absolute atomic E-state index is 11.9. The number of carbonyl (C=O) groups is 1. The number of amides is 1. The van der Waals surface area contributed by atoms with Gasteiger partial charge in [-0.2, -0.15) is 0 Å². The Morgan fingerprint density at radius 2 is 2.15 bits per heavy atom. The molecule has 1 aliphatic rings. The van der Waals surface area contributed by atoms with Crippen LogP contribution in [0.1, 0.15) is 31.4 Å². The van der Waals surface area contributed by atoms with E-state index in [0.717, 1.165) is 29.9 Å². The highest BCUT2D eigenvalue weighted by atomic mass is 16.5. The number of aryl methyl sites for hydroxylation is 1.